The highest BCUT2D eigenvalue weighted by molar-refractivity contribution is 5.92. The van der Waals surface area contributed by atoms with Crippen LogP contribution in [0.1, 0.15) is 24.3 Å². The molecular formula is C13H22N4O2. The summed E-state index contributed by atoms with van der Waals surface area (Å²) in [4.78, 5) is 16.3. The molecule has 0 spiro atoms. The minimum atomic E-state index is -0.686. The normalized spacial score (nSPS) is 17.8. The first kappa shape index (κ1) is 14.0. The molecular weight excluding hydrogens is 244 g/mol. The lowest BCUT2D eigenvalue weighted by Crippen LogP contribution is -2.52. The molecule has 0 saturated carbocycles. The van der Waals surface area contributed by atoms with Crippen LogP contribution in [0.4, 0.5) is 0 Å². The fourth-order valence-corrected chi connectivity index (χ4v) is 2.40. The first-order chi connectivity index (χ1) is 8.87. The minimum absolute atomic E-state index is 0.0305. The van der Waals surface area contributed by atoms with Crippen molar-refractivity contribution in [3.8, 4) is 0 Å². The van der Waals surface area contributed by atoms with Crippen molar-refractivity contribution in [1.29, 1.82) is 0 Å². The first-order valence-electron chi connectivity index (χ1n) is 6.59. The van der Waals surface area contributed by atoms with Crippen molar-refractivity contribution in [3.05, 3.63) is 18.0 Å². The monoisotopic (exact) mass is 266 g/mol. The van der Waals surface area contributed by atoms with E-state index >= 15 is 0 Å². The maximum atomic E-state index is 12.3. The molecule has 2 rings (SSSR count). The van der Waals surface area contributed by atoms with Crippen molar-refractivity contribution in [3.63, 3.8) is 0 Å². The lowest BCUT2D eigenvalue weighted by molar-refractivity contribution is 0.0176. The van der Waals surface area contributed by atoms with E-state index in [0.717, 1.165) is 13.1 Å². The summed E-state index contributed by atoms with van der Waals surface area (Å²) >= 11 is 0. The van der Waals surface area contributed by atoms with Crippen molar-refractivity contribution in [2.24, 2.45) is 7.05 Å². The summed E-state index contributed by atoms with van der Waals surface area (Å²) in [6, 6.07) is 1.74. The van der Waals surface area contributed by atoms with Gasteiger partial charge in [-0.1, -0.05) is 0 Å². The van der Waals surface area contributed by atoms with Crippen LogP contribution in [0.2, 0.25) is 0 Å². The Labute approximate surface area is 113 Å². The highest BCUT2D eigenvalue weighted by Crippen LogP contribution is 2.11. The van der Waals surface area contributed by atoms with Gasteiger partial charge in [0.15, 0.2) is 0 Å². The van der Waals surface area contributed by atoms with Crippen LogP contribution in [0.3, 0.4) is 0 Å². The predicted octanol–water partition coefficient (Wildman–Crippen LogP) is -0.0512. The maximum Gasteiger partial charge on any atom is 0.272 e. The number of aromatic nitrogens is 2. The molecule has 106 valence electrons. The molecule has 1 aliphatic rings. The second-order valence-electron chi connectivity index (χ2n) is 5.72. The van der Waals surface area contributed by atoms with Gasteiger partial charge in [0, 0.05) is 46.0 Å². The molecule has 1 amide bonds. The highest BCUT2D eigenvalue weighted by Gasteiger charge is 2.26. The molecule has 0 atom stereocenters. The third-order valence-corrected chi connectivity index (χ3v) is 3.31. The molecule has 0 unspecified atom stereocenters. The molecule has 1 saturated heterocycles. The second kappa shape index (κ2) is 5.30. The van der Waals surface area contributed by atoms with Crippen LogP contribution in [-0.2, 0) is 7.05 Å². The first-order valence-corrected chi connectivity index (χ1v) is 6.59. The average Bonchev–Trinajstić information content (AvgIpc) is 2.73. The number of β-amino-alcohol motifs (C(OH)–C–C–N with tert-alkyl or cyclic N) is 1. The second-order valence-corrected chi connectivity index (χ2v) is 5.72. The Morgan fingerprint density at radius 1 is 1.37 bits per heavy atom. The van der Waals surface area contributed by atoms with E-state index in [4.69, 9.17) is 0 Å². The van der Waals surface area contributed by atoms with Crippen LogP contribution < -0.4 is 0 Å². The number of carbonyl (C=O) groups excluding carboxylic acids is 1. The zero-order chi connectivity index (χ0) is 14.0. The van der Waals surface area contributed by atoms with E-state index in [1.165, 1.54) is 0 Å². The number of carbonyl (C=O) groups is 1. The topological polar surface area (TPSA) is 61.6 Å². The van der Waals surface area contributed by atoms with Gasteiger partial charge in [0.1, 0.15) is 5.69 Å². The molecule has 19 heavy (non-hydrogen) atoms. The summed E-state index contributed by atoms with van der Waals surface area (Å²) in [5.74, 6) is 0.0305. The van der Waals surface area contributed by atoms with Gasteiger partial charge in [-0.2, -0.15) is 5.10 Å². The number of nitrogens with zero attached hydrogens (tertiary/aromatic N) is 4. The van der Waals surface area contributed by atoms with E-state index in [9.17, 15) is 9.90 Å². The third kappa shape index (κ3) is 3.54. The van der Waals surface area contributed by atoms with Gasteiger partial charge in [-0.05, 0) is 19.9 Å². The number of rotatable bonds is 3. The minimum Gasteiger partial charge on any atom is -0.389 e. The summed E-state index contributed by atoms with van der Waals surface area (Å²) in [6.07, 6.45) is 1.64. The van der Waals surface area contributed by atoms with Crippen molar-refractivity contribution in [2.45, 2.75) is 19.4 Å². The van der Waals surface area contributed by atoms with Crippen molar-refractivity contribution in [1.82, 2.24) is 19.6 Å². The zero-order valence-corrected chi connectivity index (χ0v) is 11.8. The van der Waals surface area contributed by atoms with Gasteiger partial charge < -0.3 is 10.0 Å². The van der Waals surface area contributed by atoms with E-state index in [1.807, 2.05) is 4.90 Å². The SMILES string of the molecule is Cn1nccc1C(=O)N1CCN(CC(C)(C)O)CC1. The third-order valence-electron chi connectivity index (χ3n) is 3.31. The number of piperazine rings is 1. The molecule has 0 radical (unpaired) electrons. The molecule has 6 nitrogen and oxygen atoms in total. The molecule has 1 aliphatic heterocycles. The van der Waals surface area contributed by atoms with Gasteiger partial charge in [-0.25, -0.2) is 0 Å². The summed E-state index contributed by atoms with van der Waals surface area (Å²) in [5, 5.41) is 13.8. The Hall–Kier alpha value is -1.40. The summed E-state index contributed by atoms with van der Waals surface area (Å²) in [5.41, 5.74) is -0.0651. The zero-order valence-electron chi connectivity index (χ0n) is 11.8. The molecule has 1 N–H and O–H groups in total. The largest absolute Gasteiger partial charge is 0.389 e. The lowest BCUT2D eigenvalue weighted by Gasteiger charge is -2.37. The Bertz CT molecular complexity index is 442. The Balaban J connectivity index is 1.90. The number of hydrogen-bond donors (Lipinski definition) is 1. The van der Waals surface area contributed by atoms with Crippen LogP contribution in [0.15, 0.2) is 12.3 Å². The van der Waals surface area contributed by atoms with E-state index in [2.05, 4.69) is 10.00 Å². The van der Waals surface area contributed by atoms with Crippen LogP contribution in [-0.4, -0.2) is 68.9 Å². The number of amides is 1. The van der Waals surface area contributed by atoms with Crippen LogP contribution in [0.5, 0.6) is 0 Å². The van der Waals surface area contributed by atoms with Crippen LogP contribution >= 0.6 is 0 Å². The number of aliphatic hydroxyl groups is 1. The smallest absolute Gasteiger partial charge is 0.272 e. The van der Waals surface area contributed by atoms with Crippen LogP contribution in [0, 0.1) is 0 Å². The van der Waals surface area contributed by atoms with Crippen molar-refractivity contribution >= 4 is 5.91 Å². The number of aryl methyl sites for hydroxylation is 1. The van der Waals surface area contributed by atoms with Gasteiger partial charge in [-0.3, -0.25) is 14.4 Å². The summed E-state index contributed by atoms with van der Waals surface area (Å²) in [7, 11) is 1.78. The molecule has 1 fully saturated rings. The Kier molecular flexibility index (Phi) is 3.91. The number of hydrogen-bond acceptors (Lipinski definition) is 4. The van der Waals surface area contributed by atoms with Gasteiger partial charge in [0.25, 0.3) is 5.91 Å². The highest BCUT2D eigenvalue weighted by atomic mass is 16.3. The van der Waals surface area contributed by atoms with Gasteiger partial charge in [0.2, 0.25) is 0 Å². The molecule has 6 heteroatoms. The molecule has 2 heterocycles. The quantitative estimate of drug-likeness (QED) is 0.833. The van der Waals surface area contributed by atoms with Gasteiger partial charge in [-0.15, -0.1) is 0 Å². The molecule has 1 aromatic heterocycles. The van der Waals surface area contributed by atoms with E-state index < -0.39 is 5.60 Å². The molecule has 0 aliphatic carbocycles. The van der Waals surface area contributed by atoms with Crippen molar-refractivity contribution in [2.75, 3.05) is 32.7 Å². The maximum absolute atomic E-state index is 12.3. The van der Waals surface area contributed by atoms with Gasteiger partial charge in [0.05, 0.1) is 5.60 Å². The van der Waals surface area contributed by atoms with Gasteiger partial charge >= 0.3 is 0 Å². The molecule has 0 aromatic carbocycles. The average molecular weight is 266 g/mol. The Morgan fingerprint density at radius 3 is 2.47 bits per heavy atom. The lowest BCUT2D eigenvalue weighted by atomic mass is 10.1. The van der Waals surface area contributed by atoms with E-state index in [1.54, 1.807) is 37.8 Å². The fourth-order valence-electron chi connectivity index (χ4n) is 2.40. The van der Waals surface area contributed by atoms with Crippen molar-refractivity contribution < 1.29 is 9.90 Å². The molecule has 1 aromatic rings. The van der Waals surface area contributed by atoms with E-state index in [-0.39, 0.29) is 5.91 Å². The molecule has 0 bridgehead atoms. The standard InChI is InChI=1S/C13H22N4O2/c1-13(2,19)10-16-6-8-17(9-7-16)12(18)11-4-5-14-15(11)3/h4-5,19H,6-10H2,1-3H3. The van der Waals surface area contributed by atoms with Crippen LogP contribution in [0.25, 0.3) is 0 Å². The fraction of sp³-hybridized carbons (Fsp3) is 0.692. The predicted molar refractivity (Wildman–Crippen MR) is 71.8 cm³/mol. The Morgan fingerprint density at radius 2 is 2.00 bits per heavy atom. The summed E-state index contributed by atoms with van der Waals surface area (Å²) < 4.78 is 1.60. The van der Waals surface area contributed by atoms with E-state index in [0.29, 0.717) is 25.3 Å². The summed E-state index contributed by atoms with van der Waals surface area (Å²) in [6.45, 7) is 7.24.